The lowest BCUT2D eigenvalue weighted by Crippen LogP contribution is -1.76. The Labute approximate surface area is 103 Å². The summed E-state index contributed by atoms with van der Waals surface area (Å²) in [6, 6.07) is 0. The van der Waals surface area contributed by atoms with Crippen molar-refractivity contribution in [3.8, 4) is 0 Å². The Balaban J connectivity index is 3.10. The van der Waals surface area contributed by atoms with Crippen LogP contribution in [-0.2, 0) is 0 Å². The summed E-state index contributed by atoms with van der Waals surface area (Å²) in [5, 5.41) is 0. The highest BCUT2D eigenvalue weighted by molar-refractivity contribution is 4.87. The first-order chi connectivity index (χ1) is 7.91. The zero-order valence-corrected chi connectivity index (χ0v) is 11.1. The predicted molar refractivity (Wildman–Crippen MR) is 75.5 cm³/mol. The number of unbranched alkanes of at least 4 members (excludes halogenated alkanes) is 7. The van der Waals surface area contributed by atoms with Crippen molar-refractivity contribution in [3.63, 3.8) is 0 Å². The zero-order chi connectivity index (χ0) is 11.9. The van der Waals surface area contributed by atoms with Gasteiger partial charge < -0.3 is 0 Å². The normalized spacial score (nSPS) is 11.9. The van der Waals surface area contributed by atoms with Crippen molar-refractivity contribution < 1.29 is 0 Å². The van der Waals surface area contributed by atoms with E-state index >= 15 is 0 Å². The van der Waals surface area contributed by atoms with Gasteiger partial charge in [-0.05, 0) is 32.1 Å². The number of rotatable bonds is 11. The van der Waals surface area contributed by atoms with Gasteiger partial charge in [-0.15, -0.1) is 0 Å². The maximum absolute atomic E-state index is 3.85. The van der Waals surface area contributed by atoms with Gasteiger partial charge in [-0.2, -0.15) is 0 Å². The maximum atomic E-state index is 3.85. The monoisotopic (exact) mass is 221 g/mol. The number of hydrogen-bond acceptors (Lipinski definition) is 0. The highest BCUT2D eigenvalue weighted by Gasteiger charge is 1.86. The molecule has 0 N–H and O–H groups in total. The van der Waals surface area contributed by atoms with Gasteiger partial charge in [-0.3, -0.25) is 0 Å². The van der Waals surface area contributed by atoms with E-state index in [0.29, 0.717) is 0 Å². The minimum atomic E-state index is 1.10. The molecular formula is C16H29. The Kier molecular flexibility index (Phi) is 14.0. The average Bonchev–Trinajstić information content (AvgIpc) is 2.31. The second-order valence-electron chi connectivity index (χ2n) is 4.37. The summed E-state index contributed by atoms with van der Waals surface area (Å²) in [5.41, 5.74) is 0. The van der Waals surface area contributed by atoms with Crippen LogP contribution in [0.5, 0.6) is 0 Å². The first-order valence-electron chi connectivity index (χ1n) is 7.01. The van der Waals surface area contributed by atoms with Gasteiger partial charge in [0.05, 0.1) is 0 Å². The SMILES string of the molecule is [CH2]CCCCCCC=CCCC=CCCC. The smallest absolute Gasteiger partial charge is 0.0316 e. The largest absolute Gasteiger partial charge is 0.0885 e. The summed E-state index contributed by atoms with van der Waals surface area (Å²) in [7, 11) is 0. The molecular weight excluding hydrogens is 192 g/mol. The molecule has 0 amide bonds. The second kappa shape index (κ2) is 14.5. The second-order valence-corrected chi connectivity index (χ2v) is 4.37. The Hall–Kier alpha value is -0.520. The summed E-state index contributed by atoms with van der Waals surface area (Å²) >= 11 is 0. The molecule has 0 aliphatic rings. The quantitative estimate of drug-likeness (QED) is 0.303. The van der Waals surface area contributed by atoms with Crippen molar-refractivity contribution in [3.05, 3.63) is 31.2 Å². The summed E-state index contributed by atoms with van der Waals surface area (Å²) in [6.45, 7) is 6.08. The third-order valence-corrected chi connectivity index (χ3v) is 2.66. The zero-order valence-electron chi connectivity index (χ0n) is 11.1. The van der Waals surface area contributed by atoms with Crippen molar-refractivity contribution >= 4 is 0 Å². The Morgan fingerprint density at radius 1 is 0.688 bits per heavy atom. The van der Waals surface area contributed by atoms with Gasteiger partial charge in [-0.1, -0.05) is 70.3 Å². The van der Waals surface area contributed by atoms with Crippen LogP contribution in [0.25, 0.3) is 0 Å². The molecule has 0 aromatic heterocycles. The molecule has 93 valence electrons. The Morgan fingerprint density at radius 2 is 1.25 bits per heavy atom. The number of allylic oxidation sites excluding steroid dienone is 4. The van der Waals surface area contributed by atoms with Crippen LogP contribution in [0, 0.1) is 6.92 Å². The lowest BCUT2D eigenvalue weighted by atomic mass is 10.1. The number of hydrogen-bond donors (Lipinski definition) is 0. The van der Waals surface area contributed by atoms with Crippen LogP contribution in [0.2, 0.25) is 0 Å². The van der Waals surface area contributed by atoms with E-state index in [0.717, 1.165) is 6.42 Å². The molecule has 0 unspecified atom stereocenters. The molecule has 0 aromatic rings. The topological polar surface area (TPSA) is 0 Å². The van der Waals surface area contributed by atoms with Crippen molar-refractivity contribution in [1.29, 1.82) is 0 Å². The van der Waals surface area contributed by atoms with Gasteiger partial charge in [0.1, 0.15) is 0 Å². The average molecular weight is 221 g/mol. The van der Waals surface area contributed by atoms with Crippen LogP contribution in [0.4, 0.5) is 0 Å². The fraction of sp³-hybridized carbons (Fsp3) is 0.688. The molecule has 0 fully saturated rings. The fourth-order valence-electron chi connectivity index (χ4n) is 1.62. The fourth-order valence-corrected chi connectivity index (χ4v) is 1.62. The first-order valence-corrected chi connectivity index (χ1v) is 7.01. The summed E-state index contributed by atoms with van der Waals surface area (Å²) in [4.78, 5) is 0. The van der Waals surface area contributed by atoms with Crippen molar-refractivity contribution in [1.82, 2.24) is 0 Å². The molecule has 1 radical (unpaired) electrons. The summed E-state index contributed by atoms with van der Waals surface area (Å²) in [5.74, 6) is 0. The van der Waals surface area contributed by atoms with E-state index in [4.69, 9.17) is 0 Å². The molecule has 16 heavy (non-hydrogen) atoms. The van der Waals surface area contributed by atoms with Crippen LogP contribution in [-0.4, -0.2) is 0 Å². The molecule has 0 saturated carbocycles. The third kappa shape index (κ3) is 13.5. The molecule has 0 aliphatic heterocycles. The van der Waals surface area contributed by atoms with E-state index < -0.39 is 0 Å². The first kappa shape index (κ1) is 15.5. The van der Waals surface area contributed by atoms with Gasteiger partial charge in [0.2, 0.25) is 0 Å². The molecule has 0 nitrogen and oxygen atoms in total. The van der Waals surface area contributed by atoms with Gasteiger partial charge in [0.25, 0.3) is 0 Å². The minimum absolute atomic E-state index is 1.10. The van der Waals surface area contributed by atoms with Crippen molar-refractivity contribution in [2.24, 2.45) is 0 Å². The van der Waals surface area contributed by atoms with Crippen molar-refractivity contribution in [2.45, 2.75) is 71.1 Å². The Morgan fingerprint density at radius 3 is 1.88 bits per heavy atom. The predicted octanol–water partition coefficient (Wildman–Crippen LogP) is 5.85. The van der Waals surface area contributed by atoms with E-state index in [1.807, 2.05) is 0 Å². The molecule has 0 rings (SSSR count). The molecule has 0 bridgehead atoms. The van der Waals surface area contributed by atoms with E-state index in [1.54, 1.807) is 0 Å². The van der Waals surface area contributed by atoms with Crippen molar-refractivity contribution in [2.75, 3.05) is 0 Å². The van der Waals surface area contributed by atoms with Gasteiger partial charge in [0, 0.05) is 0 Å². The van der Waals surface area contributed by atoms with E-state index in [-0.39, 0.29) is 0 Å². The van der Waals surface area contributed by atoms with E-state index in [2.05, 4.69) is 38.2 Å². The van der Waals surface area contributed by atoms with Gasteiger partial charge >= 0.3 is 0 Å². The molecule has 0 spiro atoms. The van der Waals surface area contributed by atoms with Gasteiger partial charge in [-0.25, -0.2) is 0 Å². The molecule has 0 heterocycles. The lowest BCUT2D eigenvalue weighted by Gasteiger charge is -1.95. The van der Waals surface area contributed by atoms with Crippen LogP contribution in [0.1, 0.15) is 71.1 Å². The molecule has 0 heteroatoms. The van der Waals surface area contributed by atoms with Crippen LogP contribution < -0.4 is 0 Å². The van der Waals surface area contributed by atoms with Gasteiger partial charge in [0.15, 0.2) is 0 Å². The van der Waals surface area contributed by atoms with E-state index in [1.165, 1.54) is 57.8 Å². The third-order valence-electron chi connectivity index (χ3n) is 2.66. The van der Waals surface area contributed by atoms with E-state index in [9.17, 15) is 0 Å². The summed E-state index contributed by atoms with van der Waals surface area (Å²) in [6.07, 6.45) is 21.9. The summed E-state index contributed by atoms with van der Waals surface area (Å²) < 4.78 is 0. The molecule has 0 atom stereocenters. The van der Waals surface area contributed by atoms with Crippen LogP contribution in [0.3, 0.4) is 0 Å². The standard InChI is InChI=1S/C16H29/c1-3-5-7-9-11-13-15-16-14-12-10-8-6-4-2/h8,10,15-16H,1,3-7,9,11-14H2,2H3. The lowest BCUT2D eigenvalue weighted by molar-refractivity contribution is 0.651. The highest BCUT2D eigenvalue weighted by atomic mass is 13.9. The van der Waals surface area contributed by atoms with Crippen LogP contribution >= 0.6 is 0 Å². The molecule has 0 aromatic carbocycles. The minimum Gasteiger partial charge on any atom is -0.0885 e. The Bertz CT molecular complexity index is 165. The molecule has 0 aliphatic carbocycles. The maximum Gasteiger partial charge on any atom is -0.0316 e. The highest BCUT2D eigenvalue weighted by Crippen LogP contribution is 2.05. The molecule has 0 saturated heterocycles. The van der Waals surface area contributed by atoms with Crippen LogP contribution in [0.15, 0.2) is 24.3 Å².